The summed E-state index contributed by atoms with van der Waals surface area (Å²) in [6, 6.07) is 17.8. The molecule has 0 fully saturated rings. The maximum atomic E-state index is 9.25. The Kier molecular flexibility index (Phi) is 2.83. The molecule has 3 rings (SSSR count). The van der Waals surface area contributed by atoms with Crippen LogP contribution in [-0.4, -0.2) is 9.55 Å². The third-order valence-corrected chi connectivity index (χ3v) is 2.94. The Balaban J connectivity index is 2.13. The summed E-state index contributed by atoms with van der Waals surface area (Å²) in [5.74, 6) is 0. The molecule has 0 aliphatic rings. The van der Waals surface area contributed by atoms with E-state index in [2.05, 4.69) is 11.1 Å². The van der Waals surface area contributed by atoms with E-state index in [0.717, 1.165) is 16.9 Å². The number of aromatic nitrogens is 2. The van der Waals surface area contributed by atoms with Crippen LogP contribution in [0.5, 0.6) is 0 Å². The molecule has 0 bridgehead atoms. The lowest BCUT2D eigenvalue weighted by molar-refractivity contribution is 1.08. The van der Waals surface area contributed by atoms with Gasteiger partial charge in [-0.25, -0.2) is 0 Å². The lowest BCUT2D eigenvalue weighted by atomic mass is 10.1. The fourth-order valence-corrected chi connectivity index (χ4v) is 2.02. The van der Waals surface area contributed by atoms with Crippen molar-refractivity contribution in [2.45, 2.75) is 0 Å². The number of para-hydroxylation sites is 1. The number of nitriles is 1. The highest BCUT2D eigenvalue weighted by Gasteiger charge is 2.10. The monoisotopic (exact) mass is 245 g/mol. The topological polar surface area (TPSA) is 41.6 Å². The van der Waals surface area contributed by atoms with Crippen LogP contribution >= 0.6 is 0 Å². The normalized spacial score (nSPS) is 10.1. The van der Waals surface area contributed by atoms with Crippen molar-refractivity contribution in [3.63, 3.8) is 0 Å². The third kappa shape index (κ3) is 2.12. The number of nitrogens with zero attached hydrogens (tertiary/aromatic N) is 3. The first kappa shape index (κ1) is 11.2. The SMILES string of the molecule is N#Cc1cn(-c2ccccc2)cc1-c1ccccn1. The molecule has 19 heavy (non-hydrogen) atoms. The largest absolute Gasteiger partial charge is 0.322 e. The van der Waals surface area contributed by atoms with Crippen molar-refractivity contribution in [2.75, 3.05) is 0 Å². The van der Waals surface area contributed by atoms with E-state index in [0.29, 0.717) is 5.56 Å². The van der Waals surface area contributed by atoms with Gasteiger partial charge in [-0.05, 0) is 24.3 Å². The number of pyridine rings is 1. The molecule has 0 aliphatic carbocycles. The van der Waals surface area contributed by atoms with E-state index in [1.807, 2.05) is 65.5 Å². The van der Waals surface area contributed by atoms with Crippen LogP contribution in [0.2, 0.25) is 0 Å². The Morgan fingerprint density at radius 3 is 2.42 bits per heavy atom. The van der Waals surface area contributed by atoms with Crippen LogP contribution in [0.15, 0.2) is 67.1 Å². The van der Waals surface area contributed by atoms with E-state index in [9.17, 15) is 5.26 Å². The zero-order valence-electron chi connectivity index (χ0n) is 10.2. The van der Waals surface area contributed by atoms with Gasteiger partial charge in [0, 0.05) is 29.8 Å². The minimum Gasteiger partial charge on any atom is -0.322 e. The van der Waals surface area contributed by atoms with Gasteiger partial charge in [0.15, 0.2) is 0 Å². The van der Waals surface area contributed by atoms with Gasteiger partial charge in [0.2, 0.25) is 0 Å². The molecule has 0 aliphatic heterocycles. The summed E-state index contributed by atoms with van der Waals surface area (Å²) in [6.07, 6.45) is 5.51. The number of hydrogen-bond donors (Lipinski definition) is 0. The minimum atomic E-state index is 0.627. The summed E-state index contributed by atoms with van der Waals surface area (Å²) < 4.78 is 1.95. The zero-order chi connectivity index (χ0) is 13.1. The molecule has 1 aromatic carbocycles. The second-order valence-corrected chi connectivity index (χ2v) is 4.16. The summed E-state index contributed by atoms with van der Waals surface area (Å²) in [5, 5.41) is 9.25. The maximum absolute atomic E-state index is 9.25. The molecule has 2 heterocycles. The molecular formula is C16H11N3. The van der Waals surface area contributed by atoms with Crippen molar-refractivity contribution in [1.82, 2.24) is 9.55 Å². The van der Waals surface area contributed by atoms with Gasteiger partial charge in [-0.15, -0.1) is 0 Å². The maximum Gasteiger partial charge on any atom is 0.101 e. The number of benzene rings is 1. The molecule has 3 nitrogen and oxygen atoms in total. The van der Waals surface area contributed by atoms with Gasteiger partial charge in [-0.2, -0.15) is 5.26 Å². The van der Waals surface area contributed by atoms with E-state index in [-0.39, 0.29) is 0 Å². The number of hydrogen-bond acceptors (Lipinski definition) is 2. The van der Waals surface area contributed by atoms with Crippen LogP contribution in [0.25, 0.3) is 16.9 Å². The molecule has 0 saturated carbocycles. The molecule has 0 saturated heterocycles. The van der Waals surface area contributed by atoms with Crippen LogP contribution < -0.4 is 0 Å². The standard InChI is InChI=1S/C16H11N3/c17-10-13-11-19(14-6-2-1-3-7-14)12-15(13)16-8-4-5-9-18-16/h1-9,11-12H. The van der Waals surface area contributed by atoms with Crippen LogP contribution in [0.1, 0.15) is 5.56 Å². The van der Waals surface area contributed by atoms with E-state index in [4.69, 9.17) is 0 Å². The fourth-order valence-electron chi connectivity index (χ4n) is 2.02. The Morgan fingerprint density at radius 2 is 1.74 bits per heavy atom. The Labute approximate surface area is 111 Å². The third-order valence-electron chi connectivity index (χ3n) is 2.94. The van der Waals surface area contributed by atoms with Gasteiger partial charge in [-0.1, -0.05) is 24.3 Å². The van der Waals surface area contributed by atoms with Gasteiger partial charge in [0.1, 0.15) is 6.07 Å². The lowest BCUT2D eigenvalue weighted by Crippen LogP contribution is -1.88. The van der Waals surface area contributed by atoms with Crippen LogP contribution in [-0.2, 0) is 0 Å². The quantitative estimate of drug-likeness (QED) is 0.694. The molecule has 3 heteroatoms. The molecule has 0 amide bonds. The average Bonchev–Trinajstić information content (AvgIpc) is 2.93. The Morgan fingerprint density at radius 1 is 0.947 bits per heavy atom. The summed E-state index contributed by atoms with van der Waals surface area (Å²) in [7, 11) is 0. The Hall–Kier alpha value is -2.86. The highest BCUT2D eigenvalue weighted by atomic mass is 14.9. The van der Waals surface area contributed by atoms with Crippen molar-refractivity contribution in [1.29, 1.82) is 5.26 Å². The van der Waals surface area contributed by atoms with Crippen molar-refractivity contribution in [2.24, 2.45) is 0 Å². The smallest absolute Gasteiger partial charge is 0.101 e. The predicted molar refractivity (Wildman–Crippen MR) is 73.7 cm³/mol. The first-order valence-electron chi connectivity index (χ1n) is 5.97. The molecular weight excluding hydrogens is 234 g/mol. The van der Waals surface area contributed by atoms with Gasteiger partial charge in [0.05, 0.1) is 11.3 Å². The van der Waals surface area contributed by atoms with E-state index >= 15 is 0 Å². The zero-order valence-corrected chi connectivity index (χ0v) is 10.2. The molecule has 2 aromatic heterocycles. The van der Waals surface area contributed by atoms with Crippen molar-refractivity contribution >= 4 is 0 Å². The van der Waals surface area contributed by atoms with Crippen LogP contribution in [0.4, 0.5) is 0 Å². The van der Waals surface area contributed by atoms with Gasteiger partial charge in [-0.3, -0.25) is 4.98 Å². The van der Waals surface area contributed by atoms with Gasteiger partial charge >= 0.3 is 0 Å². The minimum absolute atomic E-state index is 0.627. The van der Waals surface area contributed by atoms with Gasteiger partial charge < -0.3 is 4.57 Å². The second kappa shape index (κ2) is 4.79. The van der Waals surface area contributed by atoms with E-state index in [1.165, 1.54) is 0 Å². The van der Waals surface area contributed by atoms with Crippen molar-refractivity contribution in [3.05, 3.63) is 72.7 Å². The van der Waals surface area contributed by atoms with Crippen LogP contribution in [0.3, 0.4) is 0 Å². The summed E-state index contributed by atoms with van der Waals surface area (Å²) in [4.78, 5) is 4.30. The molecule has 3 aromatic rings. The molecule has 90 valence electrons. The van der Waals surface area contributed by atoms with Gasteiger partial charge in [0.25, 0.3) is 0 Å². The summed E-state index contributed by atoms with van der Waals surface area (Å²) >= 11 is 0. The van der Waals surface area contributed by atoms with E-state index < -0.39 is 0 Å². The highest BCUT2D eigenvalue weighted by Crippen LogP contribution is 2.24. The summed E-state index contributed by atoms with van der Waals surface area (Å²) in [5.41, 5.74) is 3.32. The van der Waals surface area contributed by atoms with Crippen molar-refractivity contribution in [3.8, 4) is 23.0 Å². The first-order chi connectivity index (χ1) is 9.38. The van der Waals surface area contributed by atoms with Crippen LogP contribution in [0, 0.1) is 11.3 Å². The molecule has 0 N–H and O–H groups in total. The lowest BCUT2D eigenvalue weighted by Gasteiger charge is -2.00. The second-order valence-electron chi connectivity index (χ2n) is 4.16. The Bertz CT molecular complexity index is 722. The summed E-state index contributed by atoms with van der Waals surface area (Å²) in [6.45, 7) is 0. The molecule has 0 unspecified atom stereocenters. The number of rotatable bonds is 2. The fraction of sp³-hybridized carbons (Fsp3) is 0. The molecule has 0 spiro atoms. The molecule has 0 atom stereocenters. The molecule has 0 radical (unpaired) electrons. The van der Waals surface area contributed by atoms with Crippen molar-refractivity contribution < 1.29 is 0 Å². The predicted octanol–water partition coefficient (Wildman–Crippen LogP) is 3.41. The average molecular weight is 245 g/mol. The first-order valence-corrected chi connectivity index (χ1v) is 5.97. The van der Waals surface area contributed by atoms with E-state index in [1.54, 1.807) is 6.20 Å². The highest BCUT2D eigenvalue weighted by molar-refractivity contribution is 5.67.